The standard InChI is InChI=1S/C15H23N3O3/c19-14(12-3-5-13(6-4-12)15(20)21)17-7-1-2-9-18-10-8-16-11-18/h8,10-13H,1-7,9H2,(H,17,19)(H,20,21). The number of nitrogens with one attached hydrogen (secondary N) is 1. The zero-order chi connectivity index (χ0) is 15.1. The quantitative estimate of drug-likeness (QED) is 0.749. The molecule has 0 aromatic carbocycles. The van der Waals surface area contributed by atoms with Crippen LogP contribution in [0.3, 0.4) is 0 Å². The first kappa shape index (κ1) is 15.5. The predicted octanol–water partition coefficient (Wildman–Crippen LogP) is 1.67. The molecule has 6 heteroatoms. The second kappa shape index (κ2) is 7.81. The molecule has 0 atom stereocenters. The van der Waals surface area contributed by atoms with Gasteiger partial charge in [-0.3, -0.25) is 9.59 Å². The van der Waals surface area contributed by atoms with Gasteiger partial charge in [0.1, 0.15) is 0 Å². The summed E-state index contributed by atoms with van der Waals surface area (Å²) in [6.45, 7) is 1.60. The van der Waals surface area contributed by atoms with E-state index >= 15 is 0 Å². The third-order valence-electron chi connectivity index (χ3n) is 4.15. The first-order chi connectivity index (χ1) is 10.2. The van der Waals surface area contributed by atoms with E-state index in [1.165, 1.54) is 0 Å². The minimum Gasteiger partial charge on any atom is -0.481 e. The van der Waals surface area contributed by atoms with Gasteiger partial charge in [-0.2, -0.15) is 0 Å². The number of carbonyl (C=O) groups excluding carboxylic acids is 1. The Hall–Kier alpha value is -1.85. The van der Waals surface area contributed by atoms with Crippen molar-refractivity contribution in [1.82, 2.24) is 14.9 Å². The van der Waals surface area contributed by atoms with Crippen molar-refractivity contribution in [3.8, 4) is 0 Å². The molecule has 0 saturated heterocycles. The van der Waals surface area contributed by atoms with Gasteiger partial charge in [-0.15, -0.1) is 0 Å². The van der Waals surface area contributed by atoms with Gasteiger partial charge in [0.05, 0.1) is 12.2 Å². The van der Waals surface area contributed by atoms with Crippen LogP contribution >= 0.6 is 0 Å². The molecule has 1 aromatic heterocycles. The lowest BCUT2D eigenvalue weighted by molar-refractivity contribution is -0.144. The summed E-state index contributed by atoms with van der Waals surface area (Å²) < 4.78 is 2.02. The molecular weight excluding hydrogens is 270 g/mol. The van der Waals surface area contributed by atoms with Crippen molar-refractivity contribution >= 4 is 11.9 Å². The van der Waals surface area contributed by atoms with E-state index in [0.717, 1.165) is 19.4 Å². The van der Waals surface area contributed by atoms with Gasteiger partial charge in [0.15, 0.2) is 0 Å². The number of aromatic nitrogens is 2. The highest BCUT2D eigenvalue weighted by molar-refractivity contribution is 5.79. The van der Waals surface area contributed by atoms with E-state index in [1.807, 2.05) is 10.8 Å². The van der Waals surface area contributed by atoms with Crippen molar-refractivity contribution in [3.05, 3.63) is 18.7 Å². The maximum Gasteiger partial charge on any atom is 0.306 e. The van der Waals surface area contributed by atoms with Crippen molar-refractivity contribution in [1.29, 1.82) is 0 Å². The fraction of sp³-hybridized carbons (Fsp3) is 0.667. The van der Waals surface area contributed by atoms with Gasteiger partial charge >= 0.3 is 5.97 Å². The molecule has 0 spiro atoms. The van der Waals surface area contributed by atoms with Crippen LogP contribution in [-0.2, 0) is 16.1 Å². The van der Waals surface area contributed by atoms with Crippen LogP contribution in [0.25, 0.3) is 0 Å². The summed E-state index contributed by atoms with van der Waals surface area (Å²) in [6, 6.07) is 0. The fourth-order valence-electron chi connectivity index (χ4n) is 2.80. The highest BCUT2D eigenvalue weighted by Gasteiger charge is 2.29. The molecule has 1 aromatic rings. The molecule has 0 unspecified atom stereocenters. The Kier molecular flexibility index (Phi) is 5.78. The van der Waals surface area contributed by atoms with E-state index in [1.54, 1.807) is 12.5 Å². The molecule has 1 saturated carbocycles. The second-order valence-electron chi connectivity index (χ2n) is 5.69. The third-order valence-corrected chi connectivity index (χ3v) is 4.15. The van der Waals surface area contributed by atoms with Crippen molar-refractivity contribution < 1.29 is 14.7 Å². The average Bonchev–Trinajstić information content (AvgIpc) is 3.00. The zero-order valence-corrected chi connectivity index (χ0v) is 12.2. The van der Waals surface area contributed by atoms with Gasteiger partial charge in [0.2, 0.25) is 5.91 Å². The predicted molar refractivity (Wildman–Crippen MR) is 77.6 cm³/mol. The number of aryl methyl sites for hydroxylation is 1. The molecule has 1 aliphatic rings. The number of carboxylic acid groups (broad SMARTS) is 1. The molecule has 1 amide bonds. The number of hydrogen-bond acceptors (Lipinski definition) is 3. The maximum absolute atomic E-state index is 12.0. The summed E-state index contributed by atoms with van der Waals surface area (Å²) in [4.78, 5) is 26.8. The molecule has 1 aliphatic carbocycles. The zero-order valence-electron chi connectivity index (χ0n) is 12.2. The molecule has 21 heavy (non-hydrogen) atoms. The van der Waals surface area contributed by atoms with Crippen molar-refractivity contribution in [2.75, 3.05) is 6.54 Å². The lowest BCUT2D eigenvalue weighted by Gasteiger charge is -2.25. The van der Waals surface area contributed by atoms with E-state index < -0.39 is 5.97 Å². The van der Waals surface area contributed by atoms with Crippen LogP contribution in [0.4, 0.5) is 0 Å². The van der Waals surface area contributed by atoms with Gasteiger partial charge in [-0.1, -0.05) is 0 Å². The summed E-state index contributed by atoms with van der Waals surface area (Å²) in [5.74, 6) is -0.909. The van der Waals surface area contributed by atoms with Crippen LogP contribution in [0.5, 0.6) is 0 Å². The second-order valence-corrected chi connectivity index (χ2v) is 5.69. The number of carbonyl (C=O) groups is 2. The molecule has 1 heterocycles. The van der Waals surface area contributed by atoms with E-state index in [-0.39, 0.29) is 17.7 Å². The maximum atomic E-state index is 12.0. The third kappa shape index (κ3) is 4.88. The Balaban J connectivity index is 1.56. The SMILES string of the molecule is O=C(O)C1CCC(C(=O)NCCCCn2ccnc2)CC1. The molecule has 2 rings (SSSR count). The Labute approximate surface area is 124 Å². The number of carboxylic acids is 1. The van der Waals surface area contributed by atoms with Gasteiger partial charge < -0.3 is 15.0 Å². The lowest BCUT2D eigenvalue weighted by Crippen LogP contribution is -2.34. The van der Waals surface area contributed by atoms with Crippen molar-refractivity contribution in [3.63, 3.8) is 0 Å². The number of nitrogens with zero attached hydrogens (tertiary/aromatic N) is 2. The first-order valence-corrected chi connectivity index (χ1v) is 7.63. The molecule has 2 N–H and O–H groups in total. The number of imidazole rings is 1. The molecule has 6 nitrogen and oxygen atoms in total. The molecule has 0 bridgehead atoms. The van der Waals surface area contributed by atoms with Crippen LogP contribution in [0.15, 0.2) is 18.7 Å². The van der Waals surface area contributed by atoms with Gasteiger partial charge in [-0.25, -0.2) is 4.98 Å². The molecule has 116 valence electrons. The summed E-state index contributed by atoms with van der Waals surface area (Å²) >= 11 is 0. The Morgan fingerprint density at radius 1 is 1.19 bits per heavy atom. The summed E-state index contributed by atoms with van der Waals surface area (Å²) in [6.07, 6.45) is 10.0. The van der Waals surface area contributed by atoms with Crippen LogP contribution in [0.2, 0.25) is 0 Å². The topological polar surface area (TPSA) is 84.2 Å². The first-order valence-electron chi connectivity index (χ1n) is 7.63. The number of rotatable bonds is 7. The van der Waals surface area contributed by atoms with Gasteiger partial charge in [0.25, 0.3) is 0 Å². The molecule has 1 fully saturated rings. The van der Waals surface area contributed by atoms with Crippen molar-refractivity contribution in [2.24, 2.45) is 11.8 Å². The number of amides is 1. The fourth-order valence-corrected chi connectivity index (χ4v) is 2.80. The van der Waals surface area contributed by atoms with E-state index in [0.29, 0.717) is 32.2 Å². The van der Waals surface area contributed by atoms with E-state index in [4.69, 9.17) is 5.11 Å². The number of hydrogen-bond donors (Lipinski definition) is 2. The summed E-state index contributed by atoms with van der Waals surface area (Å²) in [7, 11) is 0. The van der Waals surface area contributed by atoms with Gasteiger partial charge in [0, 0.05) is 31.4 Å². The summed E-state index contributed by atoms with van der Waals surface area (Å²) in [5.41, 5.74) is 0. The van der Waals surface area contributed by atoms with Crippen LogP contribution in [-0.4, -0.2) is 33.1 Å². The lowest BCUT2D eigenvalue weighted by atomic mass is 9.81. The molecular formula is C15H23N3O3. The smallest absolute Gasteiger partial charge is 0.306 e. The Morgan fingerprint density at radius 2 is 1.90 bits per heavy atom. The normalized spacial score (nSPS) is 21.9. The highest BCUT2D eigenvalue weighted by atomic mass is 16.4. The highest BCUT2D eigenvalue weighted by Crippen LogP contribution is 2.28. The van der Waals surface area contributed by atoms with E-state index in [2.05, 4.69) is 10.3 Å². The van der Waals surface area contributed by atoms with E-state index in [9.17, 15) is 9.59 Å². The average molecular weight is 293 g/mol. The molecule has 0 aliphatic heterocycles. The van der Waals surface area contributed by atoms with Crippen LogP contribution in [0.1, 0.15) is 38.5 Å². The Bertz CT molecular complexity index is 451. The number of aliphatic carboxylic acids is 1. The van der Waals surface area contributed by atoms with Crippen molar-refractivity contribution in [2.45, 2.75) is 45.1 Å². The van der Waals surface area contributed by atoms with Gasteiger partial charge in [-0.05, 0) is 38.5 Å². The monoisotopic (exact) mass is 293 g/mol. The minimum absolute atomic E-state index is 0.00533. The summed E-state index contributed by atoms with van der Waals surface area (Å²) in [5, 5.41) is 11.9. The van der Waals surface area contributed by atoms with Crippen LogP contribution in [0, 0.1) is 11.8 Å². The molecule has 0 radical (unpaired) electrons. The largest absolute Gasteiger partial charge is 0.481 e. The Morgan fingerprint density at radius 3 is 2.52 bits per heavy atom. The minimum atomic E-state index is -0.728. The van der Waals surface area contributed by atoms with Crippen LogP contribution < -0.4 is 5.32 Å². The number of unbranched alkanes of at least 4 members (excludes halogenated alkanes) is 1.